The molecule has 0 fully saturated rings. The number of sulfonamides is 1. The summed E-state index contributed by atoms with van der Waals surface area (Å²) in [5.41, 5.74) is 2.00. The highest BCUT2D eigenvalue weighted by Gasteiger charge is 2.25. The molecular weight excluding hydrogens is 368 g/mol. The van der Waals surface area contributed by atoms with E-state index < -0.39 is 15.9 Å². The average Bonchev–Trinajstić information content (AvgIpc) is 2.60. The molecule has 2 aromatic carbocycles. The lowest BCUT2D eigenvalue weighted by atomic mass is 10.1. The number of nitrogens with one attached hydrogen (secondary N) is 1. The molecule has 7 nitrogen and oxygen atoms in total. The molecule has 0 spiro atoms. The maximum Gasteiger partial charge on any atom is 0.257 e. The Labute approximate surface area is 160 Å². The van der Waals surface area contributed by atoms with E-state index in [1.807, 2.05) is 25.1 Å². The fourth-order valence-electron chi connectivity index (χ4n) is 2.76. The van der Waals surface area contributed by atoms with E-state index in [0.29, 0.717) is 17.2 Å². The lowest BCUT2D eigenvalue weighted by Crippen LogP contribution is -2.31. The molecule has 0 aliphatic rings. The molecule has 0 saturated carbocycles. The number of anilines is 2. The van der Waals surface area contributed by atoms with Crippen LogP contribution in [0.5, 0.6) is 11.5 Å². The molecule has 0 aromatic heterocycles. The summed E-state index contributed by atoms with van der Waals surface area (Å²) in [6.07, 6.45) is 1.09. The molecule has 8 heteroatoms. The van der Waals surface area contributed by atoms with Gasteiger partial charge in [-0.1, -0.05) is 12.1 Å². The van der Waals surface area contributed by atoms with E-state index in [0.717, 1.165) is 16.1 Å². The number of carbonyl (C=O) groups excluding carboxylic acids is 1. The summed E-state index contributed by atoms with van der Waals surface area (Å²) in [5.74, 6) is 0.223. The van der Waals surface area contributed by atoms with Crippen molar-refractivity contribution < 1.29 is 22.7 Å². The molecule has 0 bridgehead atoms. The molecule has 0 aliphatic heterocycles. The number of amides is 1. The van der Waals surface area contributed by atoms with E-state index >= 15 is 0 Å². The summed E-state index contributed by atoms with van der Waals surface area (Å²) in [4.78, 5) is 12.9. The van der Waals surface area contributed by atoms with Crippen LogP contribution in [0.3, 0.4) is 0 Å². The molecule has 0 radical (unpaired) electrons. The number of benzene rings is 2. The van der Waals surface area contributed by atoms with Crippen LogP contribution < -0.4 is 19.1 Å². The van der Waals surface area contributed by atoms with Crippen LogP contribution in [0.25, 0.3) is 0 Å². The molecule has 0 heterocycles. The van der Waals surface area contributed by atoms with Gasteiger partial charge in [-0.25, -0.2) is 8.42 Å². The number of nitrogens with zero attached hydrogens (tertiary/aromatic N) is 1. The second-order valence-electron chi connectivity index (χ2n) is 5.98. The van der Waals surface area contributed by atoms with Crippen molar-refractivity contribution in [1.29, 1.82) is 0 Å². The van der Waals surface area contributed by atoms with Crippen LogP contribution in [0.15, 0.2) is 36.4 Å². The lowest BCUT2D eigenvalue weighted by Gasteiger charge is -2.24. The first-order valence-corrected chi connectivity index (χ1v) is 10.2. The Morgan fingerprint density at radius 3 is 2.26 bits per heavy atom. The third-order valence-corrected chi connectivity index (χ3v) is 5.23. The SMILES string of the molecule is CCN(c1cc(OC)c(OC)cc1C(=O)Nc1cccc(C)c1)S(C)(=O)=O. The zero-order chi connectivity index (χ0) is 20.2. The number of hydrogen-bond acceptors (Lipinski definition) is 5. The van der Waals surface area contributed by atoms with Crippen LogP contribution in [0.4, 0.5) is 11.4 Å². The van der Waals surface area contributed by atoms with Crippen LogP contribution in [-0.4, -0.2) is 41.3 Å². The first-order chi connectivity index (χ1) is 12.7. The van der Waals surface area contributed by atoms with Crippen molar-refractivity contribution in [2.24, 2.45) is 0 Å². The topological polar surface area (TPSA) is 84.9 Å². The molecule has 0 aliphatic carbocycles. The van der Waals surface area contributed by atoms with E-state index in [2.05, 4.69) is 5.32 Å². The monoisotopic (exact) mass is 392 g/mol. The van der Waals surface area contributed by atoms with Crippen LogP contribution in [-0.2, 0) is 10.0 Å². The Morgan fingerprint density at radius 2 is 1.74 bits per heavy atom. The van der Waals surface area contributed by atoms with Gasteiger partial charge in [0, 0.05) is 18.3 Å². The second-order valence-corrected chi connectivity index (χ2v) is 7.88. The summed E-state index contributed by atoms with van der Waals surface area (Å²) in [7, 11) is -0.690. The van der Waals surface area contributed by atoms with Gasteiger partial charge in [0.1, 0.15) is 0 Å². The summed E-state index contributed by atoms with van der Waals surface area (Å²) < 4.78 is 36.1. The average molecular weight is 392 g/mol. The number of methoxy groups -OCH3 is 2. The van der Waals surface area contributed by atoms with Crippen LogP contribution >= 0.6 is 0 Å². The summed E-state index contributed by atoms with van der Waals surface area (Å²) >= 11 is 0. The Hall–Kier alpha value is -2.74. The minimum absolute atomic E-state index is 0.166. The highest BCUT2D eigenvalue weighted by atomic mass is 32.2. The molecule has 0 atom stereocenters. The van der Waals surface area contributed by atoms with Gasteiger partial charge in [0.15, 0.2) is 11.5 Å². The number of carbonyl (C=O) groups is 1. The maximum absolute atomic E-state index is 12.9. The normalized spacial score (nSPS) is 11.0. The van der Waals surface area contributed by atoms with Crippen molar-refractivity contribution in [1.82, 2.24) is 0 Å². The zero-order valence-corrected chi connectivity index (χ0v) is 16.9. The molecule has 0 saturated heterocycles. The zero-order valence-electron chi connectivity index (χ0n) is 16.1. The quantitative estimate of drug-likeness (QED) is 0.783. The number of aryl methyl sites for hydroxylation is 1. The molecule has 0 unspecified atom stereocenters. The van der Waals surface area contributed by atoms with Crippen LogP contribution in [0, 0.1) is 6.92 Å². The minimum Gasteiger partial charge on any atom is -0.493 e. The smallest absolute Gasteiger partial charge is 0.257 e. The van der Waals surface area contributed by atoms with Crippen molar-refractivity contribution in [3.8, 4) is 11.5 Å². The van der Waals surface area contributed by atoms with Gasteiger partial charge >= 0.3 is 0 Å². The van der Waals surface area contributed by atoms with Crippen molar-refractivity contribution >= 4 is 27.3 Å². The van der Waals surface area contributed by atoms with E-state index in [9.17, 15) is 13.2 Å². The Kier molecular flexibility index (Phi) is 6.32. The second kappa shape index (κ2) is 8.30. The third kappa shape index (κ3) is 4.71. The van der Waals surface area contributed by atoms with Crippen molar-refractivity contribution in [3.05, 3.63) is 47.5 Å². The van der Waals surface area contributed by atoms with Crippen LogP contribution in [0.2, 0.25) is 0 Å². The van der Waals surface area contributed by atoms with E-state index in [4.69, 9.17) is 9.47 Å². The molecule has 27 heavy (non-hydrogen) atoms. The predicted molar refractivity (Wildman–Crippen MR) is 107 cm³/mol. The highest BCUT2D eigenvalue weighted by Crippen LogP contribution is 2.36. The number of rotatable bonds is 7. The summed E-state index contributed by atoms with van der Waals surface area (Å²) in [6.45, 7) is 3.78. The molecule has 1 N–H and O–H groups in total. The van der Waals surface area contributed by atoms with E-state index in [1.165, 1.54) is 26.4 Å². The van der Waals surface area contributed by atoms with E-state index in [-0.39, 0.29) is 17.8 Å². The van der Waals surface area contributed by atoms with Gasteiger partial charge in [0.2, 0.25) is 10.0 Å². The Balaban J connectivity index is 2.59. The molecule has 146 valence electrons. The summed E-state index contributed by atoms with van der Waals surface area (Å²) in [5, 5.41) is 2.80. The first-order valence-electron chi connectivity index (χ1n) is 8.33. The molecular formula is C19H24N2O5S. The van der Waals surface area contributed by atoms with Crippen molar-refractivity contribution in [2.45, 2.75) is 13.8 Å². The van der Waals surface area contributed by atoms with Gasteiger partial charge in [-0.05, 0) is 37.6 Å². The number of ether oxygens (including phenoxy) is 2. The maximum atomic E-state index is 12.9. The first kappa shape index (κ1) is 20.6. The van der Waals surface area contributed by atoms with E-state index in [1.54, 1.807) is 13.0 Å². The largest absolute Gasteiger partial charge is 0.493 e. The van der Waals surface area contributed by atoms with Gasteiger partial charge in [-0.2, -0.15) is 0 Å². The molecule has 2 aromatic rings. The number of hydrogen-bond donors (Lipinski definition) is 1. The predicted octanol–water partition coefficient (Wildman–Crippen LogP) is 3.05. The van der Waals surface area contributed by atoms with Gasteiger partial charge in [0.25, 0.3) is 5.91 Å². The fraction of sp³-hybridized carbons (Fsp3) is 0.316. The standard InChI is InChI=1S/C19H24N2O5S/c1-6-21(27(5,23)24)16-12-18(26-4)17(25-3)11-15(16)19(22)20-14-9-7-8-13(2)10-14/h7-12H,6H2,1-5H3,(H,20,22). The van der Waals surface area contributed by atoms with Gasteiger partial charge in [0.05, 0.1) is 31.7 Å². The Morgan fingerprint density at radius 1 is 1.11 bits per heavy atom. The fourth-order valence-corrected chi connectivity index (χ4v) is 3.74. The third-order valence-electron chi connectivity index (χ3n) is 3.98. The lowest BCUT2D eigenvalue weighted by molar-refractivity contribution is 0.102. The molecule has 2 rings (SSSR count). The van der Waals surface area contributed by atoms with Gasteiger partial charge in [-0.15, -0.1) is 0 Å². The van der Waals surface area contributed by atoms with Gasteiger partial charge in [-0.3, -0.25) is 9.10 Å². The van der Waals surface area contributed by atoms with Crippen molar-refractivity contribution in [2.75, 3.05) is 36.6 Å². The Bertz CT molecular complexity index is 941. The summed E-state index contributed by atoms with van der Waals surface area (Å²) in [6, 6.07) is 10.3. The van der Waals surface area contributed by atoms with Gasteiger partial charge < -0.3 is 14.8 Å². The minimum atomic E-state index is -3.59. The molecule has 1 amide bonds. The van der Waals surface area contributed by atoms with Crippen molar-refractivity contribution in [3.63, 3.8) is 0 Å². The van der Waals surface area contributed by atoms with Crippen LogP contribution in [0.1, 0.15) is 22.8 Å². The highest BCUT2D eigenvalue weighted by molar-refractivity contribution is 7.92.